The van der Waals surface area contributed by atoms with Gasteiger partial charge in [-0.3, -0.25) is 9.59 Å². The van der Waals surface area contributed by atoms with Crippen LogP contribution in [0.4, 0.5) is 5.69 Å². The molecule has 2 aromatic carbocycles. The summed E-state index contributed by atoms with van der Waals surface area (Å²) in [6, 6.07) is 12.9. The molecule has 0 aliphatic carbocycles. The van der Waals surface area contributed by atoms with Gasteiger partial charge in [-0.15, -0.1) is 0 Å². The molecule has 2 N–H and O–H groups in total. The number of amides is 2. The van der Waals surface area contributed by atoms with Gasteiger partial charge in [-0.2, -0.15) is 0 Å². The van der Waals surface area contributed by atoms with Crippen LogP contribution in [0.2, 0.25) is 0 Å². The third-order valence-corrected chi connectivity index (χ3v) is 5.43. The molecule has 0 heterocycles. The molecular weight excluding hydrogens is 354 g/mol. The van der Waals surface area contributed by atoms with Crippen LogP contribution in [0.3, 0.4) is 0 Å². The molecule has 0 bridgehead atoms. The molecule has 8 heteroatoms. The second-order valence-corrected chi connectivity index (χ2v) is 8.03. The van der Waals surface area contributed by atoms with Gasteiger partial charge in [-0.1, -0.05) is 18.2 Å². The molecule has 0 fully saturated rings. The van der Waals surface area contributed by atoms with Gasteiger partial charge in [-0.25, -0.2) is 12.7 Å². The number of sulfonamides is 1. The van der Waals surface area contributed by atoms with Gasteiger partial charge in [0.15, 0.2) is 0 Å². The first-order valence-electron chi connectivity index (χ1n) is 7.87. The predicted octanol–water partition coefficient (Wildman–Crippen LogP) is 1.83. The number of benzene rings is 2. The maximum atomic E-state index is 12.2. The minimum absolute atomic E-state index is 0.195. The van der Waals surface area contributed by atoms with Gasteiger partial charge in [0.25, 0.3) is 5.91 Å². The lowest BCUT2D eigenvalue weighted by molar-refractivity contribution is -0.114. The second kappa shape index (κ2) is 8.11. The molecule has 7 nitrogen and oxygen atoms in total. The average Bonchev–Trinajstić information content (AvgIpc) is 2.59. The number of hydrogen-bond acceptors (Lipinski definition) is 4. The second-order valence-electron chi connectivity index (χ2n) is 5.88. The Hall–Kier alpha value is -2.71. The lowest BCUT2D eigenvalue weighted by Crippen LogP contribution is -2.23. The molecule has 0 unspecified atom stereocenters. The summed E-state index contributed by atoms with van der Waals surface area (Å²) in [4.78, 5) is 23.5. The van der Waals surface area contributed by atoms with Crippen LogP contribution in [0.15, 0.2) is 53.4 Å². The molecule has 0 aliphatic heterocycles. The largest absolute Gasteiger partial charge is 0.348 e. The van der Waals surface area contributed by atoms with E-state index in [1.54, 1.807) is 36.4 Å². The van der Waals surface area contributed by atoms with Crippen LogP contribution in [0.1, 0.15) is 22.8 Å². The Labute approximate surface area is 153 Å². The molecule has 0 aliphatic rings. The van der Waals surface area contributed by atoms with E-state index in [1.165, 1.54) is 33.2 Å². The fourth-order valence-corrected chi connectivity index (χ4v) is 3.12. The number of hydrogen-bond donors (Lipinski definition) is 2. The van der Waals surface area contributed by atoms with E-state index in [1.807, 2.05) is 0 Å². The molecule has 0 atom stereocenters. The van der Waals surface area contributed by atoms with E-state index in [2.05, 4.69) is 10.6 Å². The highest BCUT2D eigenvalue weighted by Crippen LogP contribution is 2.14. The summed E-state index contributed by atoms with van der Waals surface area (Å²) in [5.74, 6) is -0.502. The van der Waals surface area contributed by atoms with Gasteiger partial charge in [0.2, 0.25) is 15.9 Å². The number of anilines is 1. The van der Waals surface area contributed by atoms with E-state index < -0.39 is 10.0 Å². The zero-order valence-electron chi connectivity index (χ0n) is 14.8. The van der Waals surface area contributed by atoms with E-state index in [4.69, 9.17) is 0 Å². The Balaban J connectivity index is 2.03. The van der Waals surface area contributed by atoms with E-state index in [-0.39, 0.29) is 23.3 Å². The average molecular weight is 375 g/mol. The molecule has 0 spiro atoms. The van der Waals surface area contributed by atoms with E-state index in [0.29, 0.717) is 11.3 Å². The topological polar surface area (TPSA) is 95.6 Å². The standard InChI is InChI=1S/C18H21N3O4S/c1-13(22)20-16-6-4-5-15(11-16)18(23)19-12-14-7-9-17(10-8-14)26(24,25)21(2)3/h4-11H,12H2,1-3H3,(H,19,23)(H,20,22). The Morgan fingerprint density at radius 1 is 1.04 bits per heavy atom. The van der Waals surface area contributed by atoms with Gasteiger partial charge in [0.1, 0.15) is 0 Å². The molecule has 0 aromatic heterocycles. The van der Waals surface area contributed by atoms with E-state index in [0.717, 1.165) is 9.87 Å². The zero-order chi connectivity index (χ0) is 19.3. The minimum atomic E-state index is -3.47. The normalized spacial score (nSPS) is 11.2. The molecule has 2 amide bonds. The van der Waals surface area contributed by atoms with Crippen molar-refractivity contribution >= 4 is 27.5 Å². The van der Waals surface area contributed by atoms with Gasteiger partial charge in [0.05, 0.1) is 4.90 Å². The third-order valence-electron chi connectivity index (χ3n) is 3.60. The van der Waals surface area contributed by atoms with Gasteiger partial charge in [0, 0.05) is 38.8 Å². The van der Waals surface area contributed by atoms with Crippen molar-refractivity contribution in [2.45, 2.75) is 18.4 Å². The van der Waals surface area contributed by atoms with Crippen molar-refractivity contribution in [2.24, 2.45) is 0 Å². The molecule has 0 radical (unpaired) electrons. The summed E-state index contributed by atoms with van der Waals surface area (Å²) in [6.07, 6.45) is 0. The van der Waals surface area contributed by atoms with Crippen LogP contribution in [-0.2, 0) is 21.4 Å². The molecule has 0 saturated carbocycles. The molecule has 2 aromatic rings. The van der Waals surface area contributed by atoms with E-state index >= 15 is 0 Å². The summed E-state index contributed by atoms with van der Waals surface area (Å²) < 4.78 is 25.2. The predicted molar refractivity (Wildman–Crippen MR) is 99.2 cm³/mol. The molecule has 2 rings (SSSR count). The Morgan fingerprint density at radius 3 is 2.27 bits per heavy atom. The summed E-state index contributed by atoms with van der Waals surface area (Å²) in [6.45, 7) is 1.65. The highest BCUT2D eigenvalue weighted by Gasteiger charge is 2.16. The van der Waals surface area contributed by atoms with Crippen molar-refractivity contribution in [3.05, 3.63) is 59.7 Å². The van der Waals surface area contributed by atoms with Crippen LogP contribution in [0.5, 0.6) is 0 Å². The number of carbonyl (C=O) groups excluding carboxylic acids is 2. The monoisotopic (exact) mass is 375 g/mol. The fourth-order valence-electron chi connectivity index (χ4n) is 2.22. The minimum Gasteiger partial charge on any atom is -0.348 e. The summed E-state index contributed by atoms with van der Waals surface area (Å²) >= 11 is 0. The highest BCUT2D eigenvalue weighted by molar-refractivity contribution is 7.89. The van der Waals surface area contributed by atoms with Crippen molar-refractivity contribution in [1.29, 1.82) is 0 Å². The van der Waals surface area contributed by atoms with Gasteiger partial charge >= 0.3 is 0 Å². The van der Waals surface area contributed by atoms with Crippen molar-refractivity contribution in [3.8, 4) is 0 Å². The van der Waals surface area contributed by atoms with Gasteiger partial charge in [-0.05, 0) is 35.9 Å². The fraction of sp³-hybridized carbons (Fsp3) is 0.222. The van der Waals surface area contributed by atoms with Crippen molar-refractivity contribution in [1.82, 2.24) is 9.62 Å². The first kappa shape index (κ1) is 19.6. The third kappa shape index (κ3) is 4.90. The van der Waals surface area contributed by atoms with Crippen molar-refractivity contribution in [2.75, 3.05) is 19.4 Å². The van der Waals surface area contributed by atoms with Crippen LogP contribution in [-0.4, -0.2) is 38.6 Å². The first-order valence-corrected chi connectivity index (χ1v) is 9.31. The molecule has 0 saturated heterocycles. The van der Waals surface area contributed by atoms with Crippen LogP contribution < -0.4 is 10.6 Å². The number of nitrogens with one attached hydrogen (secondary N) is 2. The molecular formula is C18H21N3O4S. The number of rotatable bonds is 6. The SMILES string of the molecule is CC(=O)Nc1cccc(C(=O)NCc2ccc(S(=O)(=O)N(C)C)cc2)c1. The maximum Gasteiger partial charge on any atom is 0.251 e. The quantitative estimate of drug-likeness (QED) is 0.805. The molecule has 26 heavy (non-hydrogen) atoms. The Kier molecular flexibility index (Phi) is 6.12. The van der Waals surface area contributed by atoms with Crippen molar-refractivity contribution in [3.63, 3.8) is 0 Å². The van der Waals surface area contributed by atoms with Crippen molar-refractivity contribution < 1.29 is 18.0 Å². The summed E-state index contributed by atoms with van der Waals surface area (Å²) in [7, 11) is -0.530. The Morgan fingerprint density at radius 2 is 1.69 bits per heavy atom. The zero-order valence-corrected chi connectivity index (χ0v) is 15.6. The first-order chi connectivity index (χ1) is 12.2. The highest BCUT2D eigenvalue weighted by atomic mass is 32.2. The molecule has 138 valence electrons. The lowest BCUT2D eigenvalue weighted by atomic mass is 10.1. The smallest absolute Gasteiger partial charge is 0.251 e. The maximum absolute atomic E-state index is 12.2. The summed E-state index contributed by atoms with van der Waals surface area (Å²) in [5, 5.41) is 5.39. The number of nitrogens with zero attached hydrogens (tertiary/aromatic N) is 1. The summed E-state index contributed by atoms with van der Waals surface area (Å²) in [5.41, 5.74) is 1.74. The van der Waals surface area contributed by atoms with Gasteiger partial charge < -0.3 is 10.6 Å². The van der Waals surface area contributed by atoms with Crippen LogP contribution in [0.25, 0.3) is 0 Å². The Bertz CT molecular complexity index is 906. The van der Waals surface area contributed by atoms with E-state index in [9.17, 15) is 18.0 Å². The van der Waals surface area contributed by atoms with Crippen LogP contribution in [0, 0.1) is 0 Å². The van der Waals surface area contributed by atoms with Crippen LogP contribution >= 0.6 is 0 Å². The number of carbonyl (C=O) groups is 2. The lowest BCUT2D eigenvalue weighted by Gasteiger charge is -2.12.